The van der Waals surface area contributed by atoms with Crippen LogP contribution in [-0.2, 0) is 4.74 Å². The molecule has 168 valence electrons. The van der Waals surface area contributed by atoms with Gasteiger partial charge in [-0.15, -0.1) is 0 Å². The quantitative estimate of drug-likeness (QED) is 0.331. The maximum Gasteiger partial charge on any atom is 0.191 e. The standard InChI is InChI=1S/C26H27N5O2/c27-22(17-31(28)23-11-3-7-18-6-1-2-8-19(18)23)20-9-4-10-21-24(32)16-25(29-26(20)21)30-12-5-14-33-15-13-30/h1-4,6-11,16-17H,5,12-15,27-28H2,(H,29,32)/b22-17-. The van der Waals surface area contributed by atoms with E-state index in [9.17, 15) is 4.79 Å². The molecular weight excluding hydrogens is 414 g/mol. The Morgan fingerprint density at radius 1 is 1.00 bits per heavy atom. The number of nitrogens with zero attached hydrogens (tertiary/aromatic N) is 2. The normalized spacial score (nSPS) is 15.1. The van der Waals surface area contributed by atoms with Crippen LogP contribution in [0.25, 0.3) is 27.4 Å². The van der Waals surface area contributed by atoms with E-state index in [4.69, 9.17) is 16.3 Å². The molecule has 5 N–H and O–H groups in total. The van der Waals surface area contributed by atoms with Gasteiger partial charge >= 0.3 is 0 Å². The molecule has 5 rings (SSSR count). The SMILES string of the molecule is N/C(=C\N(N)c1cccc2ccccc12)c1cccc2c(=O)cc(N3CCCOCC3)[nH]c12. The van der Waals surface area contributed by atoms with Crippen molar-refractivity contribution in [2.75, 3.05) is 36.2 Å². The number of nitrogens with two attached hydrogens (primary N) is 2. The molecule has 0 aliphatic carbocycles. The smallest absolute Gasteiger partial charge is 0.191 e. The molecule has 7 nitrogen and oxygen atoms in total. The van der Waals surface area contributed by atoms with Gasteiger partial charge in [-0.05, 0) is 23.9 Å². The fourth-order valence-electron chi connectivity index (χ4n) is 4.38. The largest absolute Gasteiger partial charge is 0.397 e. The first kappa shape index (κ1) is 21.1. The summed E-state index contributed by atoms with van der Waals surface area (Å²) in [5, 5.41) is 4.25. The Morgan fingerprint density at radius 2 is 1.79 bits per heavy atom. The zero-order valence-corrected chi connectivity index (χ0v) is 18.3. The number of hydrazine groups is 1. The number of H-pyrrole nitrogens is 1. The second-order valence-corrected chi connectivity index (χ2v) is 8.19. The van der Waals surface area contributed by atoms with Crippen molar-refractivity contribution in [3.63, 3.8) is 0 Å². The summed E-state index contributed by atoms with van der Waals surface area (Å²) in [6, 6.07) is 21.2. The summed E-state index contributed by atoms with van der Waals surface area (Å²) >= 11 is 0. The van der Waals surface area contributed by atoms with Crippen LogP contribution in [0, 0.1) is 0 Å². The van der Waals surface area contributed by atoms with E-state index < -0.39 is 0 Å². The van der Waals surface area contributed by atoms with Gasteiger partial charge in [0.15, 0.2) is 5.43 Å². The lowest BCUT2D eigenvalue weighted by atomic mass is 10.1. The Bertz CT molecular complexity index is 1380. The summed E-state index contributed by atoms with van der Waals surface area (Å²) in [6.45, 7) is 2.92. The minimum absolute atomic E-state index is 0.0442. The van der Waals surface area contributed by atoms with Gasteiger partial charge in [0.25, 0.3) is 0 Å². The fraction of sp³-hybridized carbons (Fsp3) is 0.192. The Morgan fingerprint density at radius 3 is 2.70 bits per heavy atom. The van der Waals surface area contributed by atoms with E-state index in [0.29, 0.717) is 23.2 Å². The van der Waals surface area contributed by atoms with E-state index in [0.717, 1.165) is 54.0 Å². The highest BCUT2D eigenvalue weighted by Crippen LogP contribution is 2.27. The lowest BCUT2D eigenvalue weighted by molar-refractivity contribution is 0.152. The number of para-hydroxylation sites is 1. The topological polar surface area (TPSA) is 101 Å². The highest BCUT2D eigenvalue weighted by atomic mass is 16.5. The van der Waals surface area contributed by atoms with Gasteiger partial charge in [0.05, 0.1) is 23.5 Å². The first-order valence-electron chi connectivity index (χ1n) is 11.1. The third-order valence-corrected chi connectivity index (χ3v) is 6.05. The molecule has 3 aromatic carbocycles. The number of fused-ring (bicyclic) bond motifs is 2. The second-order valence-electron chi connectivity index (χ2n) is 8.19. The first-order valence-corrected chi connectivity index (χ1v) is 11.1. The van der Waals surface area contributed by atoms with Crippen molar-refractivity contribution in [3.05, 3.63) is 88.7 Å². The van der Waals surface area contributed by atoms with Crippen LogP contribution in [0.1, 0.15) is 12.0 Å². The van der Waals surface area contributed by atoms with Crippen LogP contribution in [0.5, 0.6) is 0 Å². The van der Waals surface area contributed by atoms with E-state index >= 15 is 0 Å². The van der Waals surface area contributed by atoms with Crippen molar-refractivity contribution in [2.45, 2.75) is 6.42 Å². The van der Waals surface area contributed by atoms with E-state index in [1.165, 1.54) is 5.01 Å². The molecule has 1 aromatic heterocycles. The molecule has 1 aliphatic heterocycles. The van der Waals surface area contributed by atoms with Crippen LogP contribution < -0.4 is 26.9 Å². The molecule has 7 heteroatoms. The molecule has 1 aliphatic rings. The van der Waals surface area contributed by atoms with Crippen molar-refractivity contribution in [1.82, 2.24) is 4.98 Å². The molecule has 4 aromatic rings. The first-order chi connectivity index (χ1) is 16.1. The number of benzene rings is 3. The number of rotatable bonds is 4. The average Bonchev–Trinajstić information content (AvgIpc) is 3.13. The minimum atomic E-state index is -0.0442. The summed E-state index contributed by atoms with van der Waals surface area (Å²) in [4.78, 5) is 18.5. The van der Waals surface area contributed by atoms with Crippen molar-refractivity contribution in [2.24, 2.45) is 11.6 Å². The third kappa shape index (κ3) is 4.16. The number of ether oxygens (including phenoxy) is 1. The van der Waals surface area contributed by atoms with Crippen LogP contribution in [0.3, 0.4) is 0 Å². The second kappa shape index (κ2) is 8.97. The van der Waals surface area contributed by atoms with Crippen LogP contribution in [0.4, 0.5) is 11.5 Å². The zero-order chi connectivity index (χ0) is 22.8. The third-order valence-electron chi connectivity index (χ3n) is 6.05. The lowest BCUT2D eigenvalue weighted by Gasteiger charge is -2.22. The molecular formula is C26H27N5O2. The predicted molar refractivity (Wildman–Crippen MR) is 135 cm³/mol. The summed E-state index contributed by atoms with van der Waals surface area (Å²) in [5.74, 6) is 7.20. The molecule has 1 fully saturated rings. The average molecular weight is 442 g/mol. The Balaban J connectivity index is 1.57. The minimum Gasteiger partial charge on any atom is -0.397 e. The van der Waals surface area contributed by atoms with E-state index in [2.05, 4.69) is 9.88 Å². The number of hydrogen-bond donors (Lipinski definition) is 3. The summed E-state index contributed by atoms with van der Waals surface area (Å²) < 4.78 is 5.56. The zero-order valence-electron chi connectivity index (χ0n) is 18.3. The Hall–Kier alpha value is -3.81. The van der Waals surface area contributed by atoms with Gasteiger partial charge in [-0.2, -0.15) is 0 Å². The number of pyridine rings is 1. The van der Waals surface area contributed by atoms with Crippen molar-refractivity contribution in [1.29, 1.82) is 0 Å². The number of aromatic nitrogens is 1. The molecule has 0 unspecified atom stereocenters. The van der Waals surface area contributed by atoms with Gasteiger partial charge in [0, 0.05) is 48.3 Å². The molecule has 0 atom stereocenters. The van der Waals surface area contributed by atoms with Crippen LogP contribution >= 0.6 is 0 Å². The van der Waals surface area contributed by atoms with Crippen LogP contribution in [0.2, 0.25) is 0 Å². The lowest BCUT2D eigenvalue weighted by Crippen LogP contribution is -2.28. The predicted octanol–water partition coefficient (Wildman–Crippen LogP) is 3.55. The van der Waals surface area contributed by atoms with Crippen molar-refractivity contribution >= 4 is 38.9 Å². The van der Waals surface area contributed by atoms with Crippen molar-refractivity contribution < 1.29 is 4.74 Å². The van der Waals surface area contributed by atoms with Gasteiger partial charge in [-0.3, -0.25) is 9.80 Å². The van der Waals surface area contributed by atoms with E-state index in [1.807, 2.05) is 60.7 Å². The highest BCUT2D eigenvalue weighted by molar-refractivity contribution is 5.96. The summed E-state index contributed by atoms with van der Waals surface area (Å²) in [7, 11) is 0. The van der Waals surface area contributed by atoms with Gasteiger partial charge in [-0.1, -0.05) is 48.5 Å². The van der Waals surface area contributed by atoms with Gasteiger partial charge in [0.1, 0.15) is 5.82 Å². The fourth-order valence-corrected chi connectivity index (χ4v) is 4.38. The number of aromatic amines is 1. The molecule has 0 bridgehead atoms. The van der Waals surface area contributed by atoms with Gasteiger partial charge < -0.3 is 20.4 Å². The monoisotopic (exact) mass is 441 g/mol. The molecule has 0 spiro atoms. The van der Waals surface area contributed by atoms with Gasteiger partial charge in [0.2, 0.25) is 0 Å². The number of hydrogen-bond acceptors (Lipinski definition) is 6. The molecule has 0 radical (unpaired) electrons. The van der Waals surface area contributed by atoms with E-state index in [-0.39, 0.29) is 5.43 Å². The summed E-state index contributed by atoms with van der Waals surface area (Å²) in [5.41, 5.74) is 9.22. The molecule has 0 amide bonds. The van der Waals surface area contributed by atoms with Crippen LogP contribution in [0.15, 0.2) is 77.7 Å². The summed E-state index contributed by atoms with van der Waals surface area (Å²) in [6.07, 6.45) is 2.61. The maximum atomic E-state index is 12.9. The molecule has 2 heterocycles. The van der Waals surface area contributed by atoms with Gasteiger partial charge in [-0.25, -0.2) is 5.84 Å². The highest BCUT2D eigenvalue weighted by Gasteiger charge is 2.15. The Kier molecular flexibility index (Phi) is 5.73. The number of anilines is 2. The Labute approximate surface area is 191 Å². The number of nitrogens with one attached hydrogen (secondary N) is 1. The van der Waals surface area contributed by atoms with Crippen molar-refractivity contribution in [3.8, 4) is 0 Å². The van der Waals surface area contributed by atoms with Crippen LogP contribution in [-0.4, -0.2) is 31.3 Å². The molecule has 1 saturated heterocycles. The molecule has 33 heavy (non-hydrogen) atoms. The molecule has 0 saturated carbocycles. The van der Waals surface area contributed by atoms with E-state index in [1.54, 1.807) is 12.3 Å². The maximum absolute atomic E-state index is 12.9.